The first kappa shape index (κ1) is 10.4. The molecule has 0 bridgehead atoms. The average molecular weight is 229 g/mol. The highest BCUT2D eigenvalue weighted by molar-refractivity contribution is 5.97. The molecule has 1 atom stereocenters. The number of hydrogen-bond donors (Lipinski definition) is 3. The molecule has 88 valence electrons. The summed E-state index contributed by atoms with van der Waals surface area (Å²) in [5.74, 6) is 0.0670. The van der Waals surface area contributed by atoms with Crippen LogP contribution in [0.2, 0.25) is 0 Å². The van der Waals surface area contributed by atoms with Crippen LogP contribution in [-0.4, -0.2) is 23.5 Å². The second-order valence-electron chi connectivity index (χ2n) is 4.42. The number of aromatic nitrogens is 1. The highest BCUT2D eigenvalue weighted by Crippen LogP contribution is 2.18. The summed E-state index contributed by atoms with van der Waals surface area (Å²) in [5, 5.41) is 7.25. The molecule has 1 amide bonds. The summed E-state index contributed by atoms with van der Waals surface area (Å²) in [4.78, 5) is 15.0. The van der Waals surface area contributed by atoms with Crippen LogP contribution in [0.4, 0.5) is 5.69 Å². The predicted octanol–water partition coefficient (Wildman–Crippen LogP) is 1.86. The summed E-state index contributed by atoms with van der Waals surface area (Å²) >= 11 is 0. The molecule has 1 saturated heterocycles. The van der Waals surface area contributed by atoms with E-state index in [9.17, 15) is 4.79 Å². The van der Waals surface area contributed by atoms with E-state index in [4.69, 9.17) is 0 Å². The Morgan fingerprint density at radius 1 is 1.35 bits per heavy atom. The monoisotopic (exact) mass is 229 g/mol. The molecular weight excluding hydrogens is 214 g/mol. The van der Waals surface area contributed by atoms with Crippen molar-refractivity contribution in [1.82, 2.24) is 10.3 Å². The lowest BCUT2D eigenvalue weighted by molar-refractivity contribution is -0.117. The number of aromatic amines is 1. The lowest BCUT2D eigenvalue weighted by Crippen LogP contribution is -2.35. The Balaban J connectivity index is 1.77. The fourth-order valence-electron chi connectivity index (χ4n) is 2.27. The second-order valence-corrected chi connectivity index (χ2v) is 4.42. The van der Waals surface area contributed by atoms with Crippen molar-refractivity contribution >= 4 is 22.5 Å². The van der Waals surface area contributed by atoms with E-state index in [1.807, 2.05) is 30.5 Å². The van der Waals surface area contributed by atoms with Gasteiger partial charge in [0.25, 0.3) is 0 Å². The first-order valence-electron chi connectivity index (χ1n) is 5.94. The molecule has 1 aromatic carbocycles. The van der Waals surface area contributed by atoms with Crippen LogP contribution in [0, 0.1) is 0 Å². The molecule has 3 rings (SSSR count). The van der Waals surface area contributed by atoms with E-state index in [0.29, 0.717) is 0 Å². The molecule has 0 radical (unpaired) electrons. The minimum absolute atomic E-state index is 0.0306. The van der Waals surface area contributed by atoms with E-state index >= 15 is 0 Å². The molecule has 1 aromatic heterocycles. The van der Waals surface area contributed by atoms with E-state index in [1.165, 1.54) is 0 Å². The number of benzene rings is 1. The maximum absolute atomic E-state index is 11.9. The number of carbonyl (C=O) groups is 1. The second kappa shape index (κ2) is 4.22. The van der Waals surface area contributed by atoms with Gasteiger partial charge in [-0.3, -0.25) is 4.79 Å². The van der Waals surface area contributed by atoms with Gasteiger partial charge in [-0.1, -0.05) is 0 Å². The van der Waals surface area contributed by atoms with Gasteiger partial charge >= 0.3 is 0 Å². The summed E-state index contributed by atoms with van der Waals surface area (Å²) in [7, 11) is 0. The van der Waals surface area contributed by atoms with E-state index in [0.717, 1.165) is 36.0 Å². The Kier molecular flexibility index (Phi) is 2.57. The summed E-state index contributed by atoms with van der Waals surface area (Å²) in [5.41, 5.74) is 1.94. The Morgan fingerprint density at radius 2 is 2.29 bits per heavy atom. The van der Waals surface area contributed by atoms with Gasteiger partial charge in [0.1, 0.15) is 0 Å². The molecule has 0 saturated carbocycles. The van der Waals surface area contributed by atoms with Crippen LogP contribution in [0.5, 0.6) is 0 Å². The van der Waals surface area contributed by atoms with E-state index < -0.39 is 0 Å². The quantitative estimate of drug-likeness (QED) is 0.736. The van der Waals surface area contributed by atoms with Crippen molar-refractivity contribution < 1.29 is 4.79 Å². The summed E-state index contributed by atoms with van der Waals surface area (Å²) in [6.07, 6.45) is 3.90. The van der Waals surface area contributed by atoms with E-state index in [1.54, 1.807) is 0 Å². The van der Waals surface area contributed by atoms with Gasteiger partial charge in [-0.2, -0.15) is 0 Å². The standard InChI is InChI=1S/C13H15N3O/c17-13(12-2-1-6-14-12)16-10-3-4-11-9(8-10)5-7-15-11/h3-5,7-8,12,14-15H,1-2,6H2,(H,16,17)/t12-/m1/s1. The van der Waals surface area contributed by atoms with Crippen molar-refractivity contribution in [3.63, 3.8) is 0 Å². The van der Waals surface area contributed by atoms with Gasteiger partial charge in [0.2, 0.25) is 5.91 Å². The zero-order valence-electron chi connectivity index (χ0n) is 9.49. The van der Waals surface area contributed by atoms with Crippen LogP contribution in [0.1, 0.15) is 12.8 Å². The number of anilines is 1. The number of H-pyrrole nitrogens is 1. The predicted molar refractivity (Wildman–Crippen MR) is 68.0 cm³/mol. The van der Waals surface area contributed by atoms with Crippen LogP contribution in [0.25, 0.3) is 10.9 Å². The van der Waals surface area contributed by atoms with Crippen LogP contribution >= 0.6 is 0 Å². The zero-order chi connectivity index (χ0) is 11.7. The molecule has 4 heteroatoms. The number of nitrogens with one attached hydrogen (secondary N) is 3. The van der Waals surface area contributed by atoms with Gasteiger partial charge in [0.05, 0.1) is 6.04 Å². The van der Waals surface area contributed by atoms with Crippen molar-refractivity contribution in [2.75, 3.05) is 11.9 Å². The maximum Gasteiger partial charge on any atom is 0.241 e. The first-order valence-corrected chi connectivity index (χ1v) is 5.94. The molecule has 2 aromatic rings. The number of fused-ring (bicyclic) bond motifs is 1. The number of amides is 1. The Hall–Kier alpha value is -1.81. The molecule has 0 aliphatic carbocycles. The molecule has 1 aliphatic rings. The number of rotatable bonds is 2. The van der Waals surface area contributed by atoms with Crippen molar-refractivity contribution in [2.24, 2.45) is 0 Å². The summed E-state index contributed by atoms with van der Waals surface area (Å²) in [6, 6.07) is 7.85. The minimum atomic E-state index is -0.0306. The largest absolute Gasteiger partial charge is 0.361 e. The van der Waals surface area contributed by atoms with Crippen LogP contribution in [0.3, 0.4) is 0 Å². The SMILES string of the molecule is O=C(Nc1ccc2[nH]ccc2c1)[C@H]1CCCN1. The van der Waals surface area contributed by atoms with Gasteiger partial charge in [0.15, 0.2) is 0 Å². The van der Waals surface area contributed by atoms with Gasteiger partial charge in [-0.05, 0) is 43.7 Å². The van der Waals surface area contributed by atoms with Crippen LogP contribution < -0.4 is 10.6 Å². The van der Waals surface area contributed by atoms with E-state index in [-0.39, 0.29) is 11.9 Å². The van der Waals surface area contributed by atoms with Crippen molar-refractivity contribution in [3.05, 3.63) is 30.5 Å². The lowest BCUT2D eigenvalue weighted by atomic mass is 10.2. The average Bonchev–Trinajstić information content (AvgIpc) is 2.99. The Morgan fingerprint density at radius 3 is 3.12 bits per heavy atom. The highest BCUT2D eigenvalue weighted by Gasteiger charge is 2.21. The highest BCUT2D eigenvalue weighted by atomic mass is 16.2. The first-order chi connectivity index (χ1) is 8.33. The van der Waals surface area contributed by atoms with Gasteiger partial charge < -0.3 is 15.6 Å². The van der Waals surface area contributed by atoms with Crippen molar-refractivity contribution in [2.45, 2.75) is 18.9 Å². The molecule has 0 unspecified atom stereocenters. The van der Waals surface area contributed by atoms with Crippen molar-refractivity contribution in [3.8, 4) is 0 Å². The van der Waals surface area contributed by atoms with Crippen molar-refractivity contribution in [1.29, 1.82) is 0 Å². The van der Waals surface area contributed by atoms with E-state index in [2.05, 4.69) is 15.6 Å². The topological polar surface area (TPSA) is 56.9 Å². The summed E-state index contributed by atoms with van der Waals surface area (Å²) in [6.45, 7) is 0.939. The minimum Gasteiger partial charge on any atom is -0.361 e. The van der Waals surface area contributed by atoms with Crippen LogP contribution in [0.15, 0.2) is 30.5 Å². The number of hydrogen-bond acceptors (Lipinski definition) is 2. The Bertz CT molecular complexity index is 540. The zero-order valence-corrected chi connectivity index (χ0v) is 9.49. The molecule has 4 nitrogen and oxygen atoms in total. The van der Waals surface area contributed by atoms with Gasteiger partial charge in [-0.15, -0.1) is 0 Å². The molecular formula is C13H15N3O. The molecule has 0 spiro atoms. The smallest absolute Gasteiger partial charge is 0.241 e. The fraction of sp³-hybridized carbons (Fsp3) is 0.308. The normalized spacial score (nSPS) is 19.6. The summed E-state index contributed by atoms with van der Waals surface area (Å²) < 4.78 is 0. The molecule has 1 fully saturated rings. The Labute approximate surface area is 99.4 Å². The van der Waals surface area contributed by atoms with Gasteiger partial charge in [-0.25, -0.2) is 0 Å². The third-order valence-corrected chi connectivity index (χ3v) is 3.20. The fourth-order valence-corrected chi connectivity index (χ4v) is 2.27. The molecule has 2 heterocycles. The third kappa shape index (κ3) is 2.03. The van der Waals surface area contributed by atoms with Crippen LogP contribution in [-0.2, 0) is 4.79 Å². The molecule has 3 N–H and O–H groups in total. The van der Waals surface area contributed by atoms with Gasteiger partial charge in [0, 0.05) is 22.8 Å². The third-order valence-electron chi connectivity index (χ3n) is 3.20. The molecule has 17 heavy (non-hydrogen) atoms. The molecule has 1 aliphatic heterocycles. The maximum atomic E-state index is 11.9. The lowest BCUT2D eigenvalue weighted by Gasteiger charge is -2.11. The number of carbonyl (C=O) groups excluding carboxylic acids is 1.